The number of carboxylic acids is 1. The molecule has 0 saturated carbocycles. The van der Waals surface area contributed by atoms with Gasteiger partial charge in [0.25, 0.3) is 0 Å². The van der Waals surface area contributed by atoms with Crippen LogP contribution in [0.5, 0.6) is 11.5 Å². The van der Waals surface area contributed by atoms with Gasteiger partial charge < -0.3 is 24.8 Å². The van der Waals surface area contributed by atoms with Gasteiger partial charge in [0.1, 0.15) is 0 Å². The van der Waals surface area contributed by atoms with Crippen molar-refractivity contribution in [3.05, 3.63) is 41.1 Å². The number of methoxy groups -OCH3 is 2. The van der Waals surface area contributed by atoms with Crippen molar-refractivity contribution in [2.24, 2.45) is 0 Å². The van der Waals surface area contributed by atoms with Crippen LogP contribution < -0.4 is 14.8 Å². The van der Waals surface area contributed by atoms with Gasteiger partial charge in [-0.25, -0.2) is 4.79 Å². The quantitative estimate of drug-likeness (QED) is 0.886. The molecule has 0 aromatic heterocycles. The first-order valence-electron chi connectivity index (χ1n) is 8.06. The topological polar surface area (TPSA) is 71.0 Å². The van der Waals surface area contributed by atoms with Crippen LogP contribution in [0.1, 0.15) is 30.0 Å². The number of fused-ring (bicyclic) bond motifs is 6. The summed E-state index contributed by atoms with van der Waals surface area (Å²) in [4.78, 5) is 13.5. The van der Waals surface area contributed by atoms with Gasteiger partial charge in [-0.2, -0.15) is 0 Å². The Balaban J connectivity index is 1.88. The lowest BCUT2D eigenvalue weighted by molar-refractivity contribution is -0.132. The summed E-state index contributed by atoms with van der Waals surface area (Å²) in [5, 5.41) is 12.9. The Hall–Kier alpha value is -2.47. The van der Waals surface area contributed by atoms with E-state index in [0.717, 1.165) is 30.0 Å². The molecule has 6 heteroatoms. The first kappa shape index (κ1) is 15.1. The summed E-state index contributed by atoms with van der Waals surface area (Å²) in [6.07, 6.45) is 5.20. The summed E-state index contributed by atoms with van der Waals surface area (Å²) < 4.78 is 10.9. The van der Waals surface area contributed by atoms with Crippen molar-refractivity contribution in [1.29, 1.82) is 0 Å². The van der Waals surface area contributed by atoms with E-state index in [-0.39, 0.29) is 12.1 Å². The SMILES string of the molecule is COc1cc2c(cc1OC)C1NCCC1N1C=C(C(=O)O)CC=C21. The van der Waals surface area contributed by atoms with Crippen molar-refractivity contribution in [2.75, 3.05) is 20.8 Å². The van der Waals surface area contributed by atoms with Crippen LogP contribution >= 0.6 is 0 Å². The first-order chi connectivity index (χ1) is 11.6. The van der Waals surface area contributed by atoms with Gasteiger partial charge in [0.15, 0.2) is 11.5 Å². The minimum atomic E-state index is -0.856. The molecule has 1 aromatic rings. The molecule has 2 unspecified atom stereocenters. The smallest absolute Gasteiger partial charge is 0.333 e. The summed E-state index contributed by atoms with van der Waals surface area (Å²) >= 11 is 0. The molecule has 2 N–H and O–H groups in total. The highest BCUT2D eigenvalue weighted by molar-refractivity contribution is 5.89. The number of carbonyl (C=O) groups is 1. The molecule has 0 aliphatic carbocycles. The van der Waals surface area contributed by atoms with Crippen molar-refractivity contribution in [1.82, 2.24) is 10.2 Å². The monoisotopic (exact) mass is 328 g/mol. The van der Waals surface area contributed by atoms with Gasteiger partial charge in [-0.05, 0) is 30.7 Å². The van der Waals surface area contributed by atoms with Crippen LogP contribution in [0.3, 0.4) is 0 Å². The number of nitrogens with zero attached hydrogens (tertiary/aromatic N) is 1. The van der Waals surface area contributed by atoms with Gasteiger partial charge in [-0.15, -0.1) is 0 Å². The molecule has 1 saturated heterocycles. The summed E-state index contributed by atoms with van der Waals surface area (Å²) in [6.45, 7) is 0.906. The van der Waals surface area contributed by atoms with Crippen LogP contribution in [-0.2, 0) is 4.79 Å². The molecule has 3 aliphatic heterocycles. The number of rotatable bonds is 3. The van der Waals surface area contributed by atoms with Crippen LogP contribution in [0, 0.1) is 0 Å². The average Bonchev–Trinajstić information content (AvgIpc) is 3.10. The summed E-state index contributed by atoms with van der Waals surface area (Å²) in [7, 11) is 3.26. The fourth-order valence-corrected chi connectivity index (χ4v) is 3.95. The molecule has 0 amide bonds. The summed E-state index contributed by atoms with van der Waals surface area (Å²) in [6, 6.07) is 4.40. The van der Waals surface area contributed by atoms with E-state index < -0.39 is 5.97 Å². The van der Waals surface area contributed by atoms with Gasteiger partial charge in [0.05, 0.1) is 31.9 Å². The summed E-state index contributed by atoms with van der Waals surface area (Å²) in [5.74, 6) is 0.544. The van der Waals surface area contributed by atoms with Gasteiger partial charge in [-0.1, -0.05) is 6.08 Å². The maximum atomic E-state index is 11.4. The zero-order valence-corrected chi connectivity index (χ0v) is 13.7. The fraction of sp³-hybridized carbons (Fsp3) is 0.389. The highest BCUT2D eigenvalue weighted by Gasteiger charge is 2.41. The Morgan fingerprint density at radius 2 is 2.04 bits per heavy atom. The third-order valence-electron chi connectivity index (χ3n) is 5.08. The molecule has 1 fully saturated rings. The lowest BCUT2D eigenvalue weighted by Gasteiger charge is -2.42. The minimum Gasteiger partial charge on any atom is -0.493 e. The predicted molar refractivity (Wildman–Crippen MR) is 88.8 cm³/mol. The number of carboxylic acid groups (broad SMARTS) is 1. The molecular formula is C18H20N2O4. The molecule has 0 spiro atoms. The molecule has 0 bridgehead atoms. The van der Waals surface area contributed by atoms with Crippen molar-refractivity contribution < 1.29 is 19.4 Å². The number of ether oxygens (including phenoxy) is 2. The molecule has 1 aromatic carbocycles. The van der Waals surface area contributed by atoms with Gasteiger partial charge >= 0.3 is 5.97 Å². The van der Waals surface area contributed by atoms with Crippen molar-refractivity contribution >= 4 is 11.7 Å². The van der Waals surface area contributed by atoms with Crippen LogP contribution in [0.2, 0.25) is 0 Å². The van der Waals surface area contributed by atoms with Crippen molar-refractivity contribution in [2.45, 2.75) is 24.9 Å². The number of hydrogen-bond acceptors (Lipinski definition) is 5. The number of aliphatic carboxylic acids is 1. The zero-order chi connectivity index (χ0) is 16.8. The highest BCUT2D eigenvalue weighted by Crippen LogP contribution is 2.47. The van der Waals surface area contributed by atoms with Crippen LogP contribution in [0.4, 0.5) is 0 Å². The number of benzene rings is 1. The minimum absolute atomic E-state index is 0.154. The standard InChI is InChI=1S/C18H20N2O4/c1-23-15-7-11-12(8-16(15)24-2)17-14(5-6-19-17)20-9-10(18(21)22)3-4-13(11)20/h4,7-9,14,17,19H,3,5-6H2,1-2H3,(H,21,22). The second-order valence-corrected chi connectivity index (χ2v) is 6.24. The van der Waals surface area contributed by atoms with Gasteiger partial charge in [0, 0.05) is 23.9 Å². The molecule has 3 heterocycles. The van der Waals surface area contributed by atoms with E-state index in [1.807, 2.05) is 18.2 Å². The van der Waals surface area contributed by atoms with Gasteiger partial charge in [-0.3, -0.25) is 0 Å². The second-order valence-electron chi connectivity index (χ2n) is 6.24. The zero-order valence-electron chi connectivity index (χ0n) is 13.7. The maximum Gasteiger partial charge on any atom is 0.333 e. The highest BCUT2D eigenvalue weighted by atomic mass is 16.5. The number of hydrogen-bond donors (Lipinski definition) is 2. The van der Waals surface area contributed by atoms with Gasteiger partial charge in [0.2, 0.25) is 0 Å². The molecule has 6 nitrogen and oxygen atoms in total. The molecule has 2 atom stereocenters. The molecule has 3 aliphatic rings. The first-order valence-corrected chi connectivity index (χ1v) is 8.06. The Morgan fingerprint density at radius 1 is 1.29 bits per heavy atom. The summed E-state index contributed by atoms with van der Waals surface area (Å²) in [5.41, 5.74) is 3.74. The third-order valence-corrected chi connectivity index (χ3v) is 5.08. The van der Waals surface area contributed by atoms with E-state index in [9.17, 15) is 9.90 Å². The van der Waals surface area contributed by atoms with E-state index >= 15 is 0 Å². The number of allylic oxidation sites excluding steroid dienone is 1. The van der Waals surface area contributed by atoms with Crippen LogP contribution in [0.15, 0.2) is 30.0 Å². The molecular weight excluding hydrogens is 308 g/mol. The molecule has 4 rings (SSSR count). The number of nitrogens with one attached hydrogen (secondary N) is 1. The van der Waals surface area contributed by atoms with E-state index in [2.05, 4.69) is 10.2 Å². The maximum absolute atomic E-state index is 11.4. The van der Waals surface area contributed by atoms with E-state index in [1.54, 1.807) is 20.4 Å². The lowest BCUT2D eigenvalue weighted by Crippen LogP contribution is -2.40. The normalized spacial score (nSPS) is 24.3. The molecule has 126 valence electrons. The third kappa shape index (κ3) is 2.10. The second kappa shape index (κ2) is 5.56. The average molecular weight is 328 g/mol. The Bertz CT molecular complexity index is 769. The van der Waals surface area contributed by atoms with E-state index in [1.165, 1.54) is 5.56 Å². The Morgan fingerprint density at radius 3 is 2.75 bits per heavy atom. The molecule has 24 heavy (non-hydrogen) atoms. The predicted octanol–water partition coefficient (Wildman–Crippen LogP) is 2.14. The lowest BCUT2D eigenvalue weighted by atomic mass is 9.85. The van der Waals surface area contributed by atoms with E-state index in [0.29, 0.717) is 17.7 Å². The van der Waals surface area contributed by atoms with E-state index in [4.69, 9.17) is 9.47 Å². The Labute approximate surface area is 140 Å². The van der Waals surface area contributed by atoms with Crippen molar-refractivity contribution in [3.63, 3.8) is 0 Å². The fourth-order valence-electron chi connectivity index (χ4n) is 3.95. The Kier molecular flexibility index (Phi) is 3.49. The van der Waals surface area contributed by atoms with Crippen LogP contribution in [0.25, 0.3) is 5.70 Å². The van der Waals surface area contributed by atoms with Crippen LogP contribution in [-0.4, -0.2) is 42.8 Å². The largest absolute Gasteiger partial charge is 0.493 e. The van der Waals surface area contributed by atoms with Crippen molar-refractivity contribution in [3.8, 4) is 11.5 Å². The molecule has 0 radical (unpaired) electrons.